The molecule has 96 valence electrons. The molecule has 0 saturated heterocycles. The Morgan fingerprint density at radius 1 is 1.38 bits per heavy atom. The minimum atomic E-state index is -4.32. The van der Waals surface area contributed by atoms with Crippen LogP contribution in [0.15, 0.2) is 0 Å². The lowest BCUT2D eigenvalue weighted by molar-refractivity contribution is -0.174. The first-order valence-corrected chi connectivity index (χ1v) is 5.11. The van der Waals surface area contributed by atoms with Crippen molar-refractivity contribution in [3.8, 4) is 0 Å². The van der Waals surface area contributed by atoms with Crippen LogP contribution >= 0.6 is 0 Å². The number of halogens is 3. The number of rotatable bonds is 7. The van der Waals surface area contributed by atoms with E-state index in [2.05, 4.69) is 4.74 Å². The summed E-state index contributed by atoms with van der Waals surface area (Å²) in [4.78, 5) is 10.7. The van der Waals surface area contributed by atoms with Gasteiger partial charge in [0.25, 0.3) is 0 Å². The first-order chi connectivity index (χ1) is 7.24. The van der Waals surface area contributed by atoms with Crippen LogP contribution in [0.25, 0.3) is 0 Å². The lowest BCUT2D eigenvalue weighted by Crippen LogP contribution is -2.21. The van der Waals surface area contributed by atoms with Crippen LogP contribution in [-0.2, 0) is 9.53 Å². The zero-order valence-corrected chi connectivity index (χ0v) is 9.38. The van der Waals surface area contributed by atoms with Crippen LogP contribution in [0.2, 0.25) is 0 Å². The smallest absolute Gasteiger partial charge is 0.411 e. The van der Waals surface area contributed by atoms with Crippen molar-refractivity contribution < 1.29 is 27.8 Å². The third-order valence-corrected chi connectivity index (χ3v) is 2.19. The topological polar surface area (TPSA) is 46.5 Å². The molecular weight excluding hydrogens is 225 g/mol. The van der Waals surface area contributed by atoms with Gasteiger partial charge in [-0.1, -0.05) is 13.8 Å². The largest absolute Gasteiger partial charge is 0.481 e. The van der Waals surface area contributed by atoms with E-state index in [0.29, 0.717) is 12.8 Å². The molecule has 0 aliphatic rings. The Bertz CT molecular complexity index is 214. The van der Waals surface area contributed by atoms with E-state index >= 15 is 0 Å². The molecule has 0 aromatic heterocycles. The van der Waals surface area contributed by atoms with Crippen LogP contribution in [0.5, 0.6) is 0 Å². The maximum absolute atomic E-state index is 11.7. The summed E-state index contributed by atoms with van der Waals surface area (Å²) in [6.45, 7) is 2.22. The highest BCUT2D eigenvalue weighted by molar-refractivity contribution is 5.70. The second-order valence-corrected chi connectivity index (χ2v) is 4.00. The summed E-state index contributed by atoms with van der Waals surface area (Å²) >= 11 is 0. The Kier molecular flexibility index (Phi) is 6.40. The summed E-state index contributed by atoms with van der Waals surface area (Å²) in [6.07, 6.45) is -3.65. The second-order valence-electron chi connectivity index (χ2n) is 4.00. The van der Waals surface area contributed by atoms with Gasteiger partial charge in [0, 0.05) is 6.61 Å². The molecule has 0 aliphatic heterocycles. The van der Waals surface area contributed by atoms with Crippen LogP contribution in [0.4, 0.5) is 13.2 Å². The molecule has 0 spiro atoms. The predicted octanol–water partition coefficient (Wildman–Crippen LogP) is 2.70. The van der Waals surface area contributed by atoms with E-state index in [0.717, 1.165) is 0 Å². The van der Waals surface area contributed by atoms with Gasteiger partial charge in [-0.05, 0) is 18.8 Å². The van der Waals surface area contributed by atoms with Crippen molar-refractivity contribution in [3.05, 3.63) is 0 Å². The van der Waals surface area contributed by atoms with Gasteiger partial charge in [0.05, 0.1) is 5.92 Å². The molecule has 1 N–H and O–H groups in total. The Morgan fingerprint density at radius 2 is 1.94 bits per heavy atom. The fourth-order valence-corrected chi connectivity index (χ4v) is 1.34. The Balaban J connectivity index is 3.68. The Hall–Kier alpha value is -0.780. The number of carbonyl (C=O) groups is 1. The standard InChI is InChI=1S/C10H17F3O3/c1-7(2)8(9(14)15)4-3-5-16-6-10(11,12)13/h7-8H,3-6H2,1-2H3,(H,14,15). The molecule has 0 aromatic rings. The monoisotopic (exact) mass is 242 g/mol. The average Bonchev–Trinajstić information content (AvgIpc) is 2.07. The molecule has 0 amide bonds. The molecule has 0 fully saturated rings. The van der Waals surface area contributed by atoms with Crippen LogP contribution in [0, 0.1) is 11.8 Å². The molecule has 0 bridgehead atoms. The summed E-state index contributed by atoms with van der Waals surface area (Å²) in [7, 11) is 0. The average molecular weight is 242 g/mol. The molecule has 6 heteroatoms. The van der Waals surface area contributed by atoms with Gasteiger partial charge in [0.15, 0.2) is 0 Å². The molecule has 16 heavy (non-hydrogen) atoms. The Labute approximate surface area is 92.6 Å². The highest BCUT2D eigenvalue weighted by atomic mass is 19.4. The van der Waals surface area contributed by atoms with E-state index < -0.39 is 24.7 Å². The maximum atomic E-state index is 11.7. The van der Waals surface area contributed by atoms with Crippen molar-refractivity contribution in [1.82, 2.24) is 0 Å². The number of carboxylic acid groups (broad SMARTS) is 1. The van der Waals surface area contributed by atoms with Crippen LogP contribution in [0.3, 0.4) is 0 Å². The van der Waals surface area contributed by atoms with Gasteiger partial charge in [-0.15, -0.1) is 0 Å². The van der Waals surface area contributed by atoms with E-state index in [4.69, 9.17) is 5.11 Å². The molecule has 0 heterocycles. The number of carboxylic acids is 1. The van der Waals surface area contributed by atoms with E-state index in [1.54, 1.807) is 13.8 Å². The molecule has 1 unspecified atom stereocenters. The predicted molar refractivity (Wildman–Crippen MR) is 52.1 cm³/mol. The normalized spacial score (nSPS) is 14.1. The van der Waals surface area contributed by atoms with E-state index in [1.165, 1.54) is 0 Å². The lowest BCUT2D eigenvalue weighted by Gasteiger charge is -2.15. The van der Waals surface area contributed by atoms with Crippen molar-refractivity contribution in [3.63, 3.8) is 0 Å². The van der Waals surface area contributed by atoms with Crippen LogP contribution < -0.4 is 0 Å². The first-order valence-electron chi connectivity index (χ1n) is 5.11. The number of alkyl halides is 3. The van der Waals surface area contributed by atoms with Gasteiger partial charge in [-0.25, -0.2) is 0 Å². The van der Waals surface area contributed by atoms with Crippen molar-refractivity contribution in [2.45, 2.75) is 32.9 Å². The number of aliphatic carboxylic acids is 1. The first kappa shape index (κ1) is 15.2. The van der Waals surface area contributed by atoms with Crippen LogP contribution in [-0.4, -0.2) is 30.5 Å². The minimum Gasteiger partial charge on any atom is -0.481 e. The summed E-state index contributed by atoms with van der Waals surface area (Å²) in [5.74, 6) is -1.46. The molecule has 3 nitrogen and oxygen atoms in total. The zero-order valence-electron chi connectivity index (χ0n) is 9.38. The second kappa shape index (κ2) is 6.73. The fraction of sp³-hybridized carbons (Fsp3) is 0.900. The van der Waals surface area contributed by atoms with E-state index in [9.17, 15) is 18.0 Å². The van der Waals surface area contributed by atoms with Gasteiger partial charge < -0.3 is 9.84 Å². The third-order valence-electron chi connectivity index (χ3n) is 2.19. The van der Waals surface area contributed by atoms with Crippen LogP contribution in [0.1, 0.15) is 26.7 Å². The maximum Gasteiger partial charge on any atom is 0.411 e. The minimum absolute atomic E-state index is 0.0277. The summed E-state index contributed by atoms with van der Waals surface area (Å²) in [6, 6.07) is 0. The number of hydrogen-bond acceptors (Lipinski definition) is 2. The SMILES string of the molecule is CC(C)C(CCCOCC(F)(F)F)C(=O)O. The van der Waals surface area contributed by atoms with E-state index in [-0.39, 0.29) is 12.5 Å². The third kappa shape index (κ3) is 7.50. The Morgan fingerprint density at radius 3 is 2.31 bits per heavy atom. The van der Waals surface area contributed by atoms with Crippen molar-refractivity contribution in [2.75, 3.05) is 13.2 Å². The van der Waals surface area contributed by atoms with E-state index in [1.807, 2.05) is 0 Å². The van der Waals surface area contributed by atoms with Gasteiger partial charge in [-0.2, -0.15) is 13.2 Å². The number of ether oxygens (including phenoxy) is 1. The molecule has 1 atom stereocenters. The quantitative estimate of drug-likeness (QED) is 0.698. The fourth-order valence-electron chi connectivity index (χ4n) is 1.34. The highest BCUT2D eigenvalue weighted by Gasteiger charge is 2.27. The van der Waals surface area contributed by atoms with Gasteiger partial charge >= 0.3 is 12.1 Å². The van der Waals surface area contributed by atoms with Crippen molar-refractivity contribution in [1.29, 1.82) is 0 Å². The zero-order chi connectivity index (χ0) is 12.8. The molecule has 0 aromatic carbocycles. The summed E-state index contributed by atoms with van der Waals surface area (Å²) < 4.78 is 39.4. The van der Waals surface area contributed by atoms with Crippen molar-refractivity contribution in [2.24, 2.45) is 11.8 Å². The number of hydrogen-bond donors (Lipinski definition) is 1. The highest BCUT2D eigenvalue weighted by Crippen LogP contribution is 2.18. The van der Waals surface area contributed by atoms with Gasteiger partial charge in [-0.3, -0.25) is 4.79 Å². The molecule has 0 rings (SSSR count). The molecule has 0 radical (unpaired) electrons. The molecule has 0 saturated carbocycles. The summed E-state index contributed by atoms with van der Waals surface area (Å²) in [5, 5.41) is 8.81. The van der Waals surface area contributed by atoms with Crippen molar-refractivity contribution >= 4 is 5.97 Å². The van der Waals surface area contributed by atoms with Gasteiger partial charge in [0.2, 0.25) is 0 Å². The molecular formula is C10H17F3O3. The lowest BCUT2D eigenvalue weighted by atomic mass is 9.91. The van der Waals surface area contributed by atoms with Gasteiger partial charge in [0.1, 0.15) is 6.61 Å². The summed E-state index contributed by atoms with van der Waals surface area (Å²) in [5.41, 5.74) is 0. The molecule has 0 aliphatic carbocycles.